The molecule has 0 radical (unpaired) electrons. The summed E-state index contributed by atoms with van der Waals surface area (Å²) >= 11 is 0. The van der Waals surface area contributed by atoms with Crippen molar-refractivity contribution in [1.82, 2.24) is 4.31 Å². The highest BCUT2D eigenvalue weighted by atomic mass is 32.2. The average molecular weight is 411 g/mol. The van der Waals surface area contributed by atoms with Gasteiger partial charge < -0.3 is 5.32 Å². The maximum Gasteiger partial charge on any atom is 0.242 e. The average Bonchev–Trinajstić information content (AvgIpc) is 2.60. The van der Waals surface area contributed by atoms with Crippen molar-refractivity contribution < 1.29 is 16.8 Å². The summed E-state index contributed by atoms with van der Waals surface area (Å²) in [6, 6.07) is 14.0. The SMILES string of the molecule is CC(C)S(=O)(=O)Cc1cccc(NCc2cccc(S(=O)(=O)N(C)C)c2)c1. The lowest BCUT2D eigenvalue weighted by Crippen LogP contribution is -2.22. The Labute approximate surface area is 162 Å². The van der Waals surface area contributed by atoms with Crippen molar-refractivity contribution in [3.05, 3.63) is 59.7 Å². The van der Waals surface area contributed by atoms with E-state index in [0.29, 0.717) is 6.54 Å². The molecule has 0 fully saturated rings. The number of anilines is 1. The van der Waals surface area contributed by atoms with Crippen LogP contribution >= 0.6 is 0 Å². The third kappa shape index (κ3) is 5.54. The van der Waals surface area contributed by atoms with E-state index >= 15 is 0 Å². The number of nitrogens with one attached hydrogen (secondary N) is 1. The standard InChI is InChI=1S/C19H26N2O4S2/c1-15(2)26(22,23)14-17-8-5-9-18(11-17)20-13-16-7-6-10-19(12-16)27(24,25)21(3)4/h5-12,15,20H,13-14H2,1-4H3. The molecular weight excluding hydrogens is 384 g/mol. The quantitative estimate of drug-likeness (QED) is 0.723. The van der Waals surface area contributed by atoms with Gasteiger partial charge in [0.1, 0.15) is 0 Å². The van der Waals surface area contributed by atoms with Crippen molar-refractivity contribution in [2.75, 3.05) is 19.4 Å². The summed E-state index contributed by atoms with van der Waals surface area (Å²) in [5, 5.41) is 2.80. The van der Waals surface area contributed by atoms with E-state index in [2.05, 4.69) is 5.32 Å². The molecule has 2 aromatic carbocycles. The van der Waals surface area contributed by atoms with E-state index in [1.54, 1.807) is 50.2 Å². The molecule has 0 aliphatic carbocycles. The molecule has 0 saturated heterocycles. The number of hydrogen-bond acceptors (Lipinski definition) is 5. The topological polar surface area (TPSA) is 83.5 Å². The minimum absolute atomic E-state index is 0.00322. The molecule has 0 aliphatic rings. The zero-order valence-electron chi connectivity index (χ0n) is 16.0. The van der Waals surface area contributed by atoms with E-state index in [4.69, 9.17) is 0 Å². The van der Waals surface area contributed by atoms with Gasteiger partial charge in [-0.25, -0.2) is 21.1 Å². The summed E-state index contributed by atoms with van der Waals surface area (Å²) in [7, 11) is -3.65. The van der Waals surface area contributed by atoms with E-state index < -0.39 is 25.1 Å². The summed E-state index contributed by atoms with van der Waals surface area (Å²) in [4.78, 5) is 0.239. The predicted molar refractivity (Wildman–Crippen MR) is 109 cm³/mol. The first-order chi connectivity index (χ1) is 12.5. The Morgan fingerprint density at radius 2 is 1.56 bits per heavy atom. The van der Waals surface area contributed by atoms with Crippen LogP contribution in [0.25, 0.3) is 0 Å². The second-order valence-electron chi connectivity index (χ2n) is 6.84. The van der Waals surface area contributed by atoms with Crippen LogP contribution in [0.2, 0.25) is 0 Å². The summed E-state index contributed by atoms with van der Waals surface area (Å²) < 4.78 is 49.8. The molecule has 27 heavy (non-hydrogen) atoms. The van der Waals surface area contributed by atoms with Crippen molar-refractivity contribution in [1.29, 1.82) is 0 Å². The van der Waals surface area contributed by atoms with E-state index in [9.17, 15) is 16.8 Å². The number of sulfone groups is 1. The first-order valence-corrected chi connectivity index (χ1v) is 11.7. The Morgan fingerprint density at radius 1 is 0.926 bits per heavy atom. The molecule has 0 aliphatic heterocycles. The zero-order chi connectivity index (χ0) is 20.2. The number of hydrogen-bond donors (Lipinski definition) is 1. The van der Waals surface area contributed by atoms with Gasteiger partial charge >= 0.3 is 0 Å². The molecule has 1 N–H and O–H groups in total. The van der Waals surface area contributed by atoms with Crippen LogP contribution in [0, 0.1) is 0 Å². The molecule has 0 aromatic heterocycles. The van der Waals surface area contributed by atoms with Crippen molar-refractivity contribution in [2.45, 2.75) is 36.3 Å². The van der Waals surface area contributed by atoms with Crippen LogP contribution in [0.5, 0.6) is 0 Å². The summed E-state index contributed by atoms with van der Waals surface area (Å²) in [6.07, 6.45) is 0. The fourth-order valence-corrected chi connectivity index (χ4v) is 4.35. The Hall–Kier alpha value is -1.90. The molecule has 0 amide bonds. The van der Waals surface area contributed by atoms with Crippen LogP contribution in [0.3, 0.4) is 0 Å². The lowest BCUT2D eigenvalue weighted by Gasteiger charge is -2.13. The Bertz CT molecular complexity index is 998. The molecule has 0 unspecified atom stereocenters. The van der Waals surface area contributed by atoms with E-state index in [-0.39, 0.29) is 10.6 Å². The van der Waals surface area contributed by atoms with E-state index in [1.165, 1.54) is 18.4 Å². The van der Waals surface area contributed by atoms with Gasteiger partial charge in [-0.1, -0.05) is 24.3 Å². The van der Waals surface area contributed by atoms with Crippen LogP contribution in [-0.4, -0.2) is 40.5 Å². The monoisotopic (exact) mass is 410 g/mol. The van der Waals surface area contributed by atoms with E-state index in [1.807, 2.05) is 12.1 Å². The fraction of sp³-hybridized carbons (Fsp3) is 0.368. The molecular formula is C19H26N2O4S2. The summed E-state index contributed by atoms with van der Waals surface area (Å²) in [5.41, 5.74) is 2.32. The van der Waals surface area contributed by atoms with Gasteiger partial charge in [0, 0.05) is 26.3 Å². The lowest BCUT2D eigenvalue weighted by atomic mass is 10.2. The van der Waals surface area contributed by atoms with Gasteiger partial charge in [0.25, 0.3) is 0 Å². The molecule has 8 heteroatoms. The van der Waals surface area contributed by atoms with Crippen LogP contribution in [0.1, 0.15) is 25.0 Å². The van der Waals surface area contributed by atoms with Gasteiger partial charge in [0.2, 0.25) is 10.0 Å². The van der Waals surface area contributed by atoms with Gasteiger partial charge in [-0.3, -0.25) is 0 Å². The number of rotatable bonds is 8. The van der Waals surface area contributed by atoms with Gasteiger partial charge in [0.15, 0.2) is 9.84 Å². The van der Waals surface area contributed by atoms with Gasteiger partial charge in [-0.15, -0.1) is 0 Å². The second-order valence-corrected chi connectivity index (χ2v) is 11.6. The summed E-state index contributed by atoms with van der Waals surface area (Å²) in [6.45, 7) is 3.77. The third-order valence-electron chi connectivity index (χ3n) is 4.19. The lowest BCUT2D eigenvalue weighted by molar-refractivity contribution is 0.520. The molecule has 2 rings (SSSR count). The minimum Gasteiger partial charge on any atom is -0.381 e. The molecule has 2 aromatic rings. The normalized spacial score (nSPS) is 12.5. The zero-order valence-corrected chi connectivity index (χ0v) is 17.6. The largest absolute Gasteiger partial charge is 0.381 e. The maximum absolute atomic E-state index is 12.2. The van der Waals surface area contributed by atoms with E-state index in [0.717, 1.165) is 16.8 Å². The Kier molecular flexibility index (Phi) is 6.67. The fourth-order valence-electron chi connectivity index (χ4n) is 2.40. The third-order valence-corrected chi connectivity index (χ3v) is 8.17. The molecule has 0 atom stereocenters. The number of sulfonamides is 1. The van der Waals surface area contributed by atoms with Gasteiger partial charge in [-0.2, -0.15) is 0 Å². The molecule has 6 nitrogen and oxygen atoms in total. The van der Waals surface area contributed by atoms with Gasteiger partial charge in [-0.05, 0) is 49.2 Å². The van der Waals surface area contributed by atoms with Crippen molar-refractivity contribution >= 4 is 25.5 Å². The van der Waals surface area contributed by atoms with Gasteiger partial charge in [0.05, 0.1) is 15.9 Å². The van der Waals surface area contributed by atoms with Crippen molar-refractivity contribution in [2.24, 2.45) is 0 Å². The smallest absolute Gasteiger partial charge is 0.242 e. The number of nitrogens with zero attached hydrogens (tertiary/aromatic N) is 1. The van der Waals surface area contributed by atoms with Crippen LogP contribution < -0.4 is 5.32 Å². The summed E-state index contributed by atoms with van der Waals surface area (Å²) in [5.74, 6) is -0.00322. The van der Waals surface area contributed by atoms with Crippen LogP contribution in [0.15, 0.2) is 53.4 Å². The maximum atomic E-state index is 12.2. The Morgan fingerprint density at radius 3 is 2.19 bits per heavy atom. The molecule has 148 valence electrons. The highest BCUT2D eigenvalue weighted by Gasteiger charge is 2.18. The number of benzene rings is 2. The highest BCUT2D eigenvalue weighted by Crippen LogP contribution is 2.18. The van der Waals surface area contributed by atoms with Crippen LogP contribution in [-0.2, 0) is 32.2 Å². The van der Waals surface area contributed by atoms with Crippen molar-refractivity contribution in [3.63, 3.8) is 0 Å². The highest BCUT2D eigenvalue weighted by molar-refractivity contribution is 7.91. The van der Waals surface area contributed by atoms with Crippen LogP contribution in [0.4, 0.5) is 5.69 Å². The molecule has 0 spiro atoms. The Balaban J connectivity index is 2.13. The second kappa shape index (κ2) is 8.41. The molecule has 0 bridgehead atoms. The molecule has 0 saturated carbocycles. The minimum atomic E-state index is -3.48. The predicted octanol–water partition coefficient (Wildman–Crippen LogP) is 2.87. The molecule has 0 heterocycles. The van der Waals surface area contributed by atoms with Crippen molar-refractivity contribution in [3.8, 4) is 0 Å². The first kappa shape index (κ1) is 21.4. The first-order valence-electron chi connectivity index (χ1n) is 8.58.